The maximum Gasteiger partial charge on any atom is 0.356 e. The number of rotatable bonds is 1. The predicted octanol–water partition coefficient (Wildman–Crippen LogP) is 1.54. The van der Waals surface area contributed by atoms with E-state index in [1.54, 1.807) is 0 Å². The zero-order chi connectivity index (χ0) is 14.4. The van der Waals surface area contributed by atoms with Gasteiger partial charge in [0.15, 0.2) is 5.70 Å². The second-order valence-electron chi connectivity index (χ2n) is 3.77. The third-order valence-corrected chi connectivity index (χ3v) is 4.92. The predicted molar refractivity (Wildman–Crippen MR) is 66.1 cm³/mol. The first-order valence-corrected chi connectivity index (χ1v) is 6.89. The second-order valence-corrected chi connectivity index (χ2v) is 6.08. The number of benzene rings is 1. The van der Waals surface area contributed by atoms with Gasteiger partial charge in [-0.25, -0.2) is 17.6 Å². The molecular formula is C11H9ClFNO4S. The van der Waals surface area contributed by atoms with Gasteiger partial charge in [-0.1, -0.05) is 11.6 Å². The number of hydrogen-bond acceptors (Lipinski definition) is 4. The molecule has 0 spiro atoms. The molecule has 8 heteroatoms. The zero-order valence-electron chi connectivity index (χ0n) is 9.98. The lowest BCUT2D eigenvalue weighted by atomic mass is 10.1. The standard InChI is InChI=1S/C11H9ClFNO4S/c1-14-10(11(15)18-2)9(12)7-5-6(13)3-4-8(7)19(14,16)17/h3-5H,1-2H3. The summed E-state index contributed by atoms with van der Waals surface area (Å²) in [7, 11) is -1.68. The van der Waals surface area contributed by atoms with E-state index in [1.807, 2.05) is 0 Å². The van der Waals surface area contributed by atoms with E-state index < -0.39 is 21.8 Å². The Kier molecular flexibility index (Phi) is 3.27. The van der Waals surface area contributed by atoms with E-state index in [4.69, 9.17) is 11.6 Å². The van der Waals surface area contributed by atoms with Crippen LogP contribution < -0.4 is 0 Å². The Morgan fingerprint density at radius 1 is 1.42 bits per heavy atom. The number of halogens is 2. The van der Waals surface area contributed by atoms with Crippen LogP contribution in [0.3, 0.4) is 0 Å². The van der Waals surface area contributed by atoms with Crippen LogP contribution in [0.25, 0.3) is 5.03 Å². The van der Waals surface area contributed by atoms with E-state index in [0.717, 1.165) is 29.6 Å². The number of methoxy groups -OCH3 is 1. The van der Waals surface area contributed by atoms with Crippen molar-refractivity contribution in [3.63, 3.8) is 0 Å². The molecule has 0 aromatic heterocycles. The van der Waals surface area contributed by atoms with Gasteiger partial charge in [0.05, 0.1) is 17.0 Å². The van der Waals surface area contributed by atoms with E-state index >= 15 is 0 Å². The first kappa shape index (κ1) is 13.8. The molecule has 0 bridgehead atoms. The lowest BCUT2D eigenvalue weighted by Gasteiger charge is -2.27. The number of fused-ring (bicyclic) bond motifs is 1. The molecule has 0 fully saturated rings. The van der Waals surface area contributed by atoms with E-state index in [-0.39, 0.29) is 21.2 Å². The molecular weight excluding hydrogens is 297 g/mol. The van der Waals surface area contributed by atoms with Gasteiger partial charge in [-0.05, 0) is 18.2 Å². The average molecular weight is 306 g/mol. The summed E-state index contributed by atoms with van der Waals surface area (Å²) in [6.07, 6.45) is 0. The van der Waals surface area contributed by atoms with Crippen LogP contribution in [0, 0.1) is 5.82 Å². The summed E-state index contributed by atoms with van der Waals surface area (Å²) < 4.78 is 42.8. The van der Waals surface area contributed by atoms with E-state index in [9.17, 15) is 17.6 Å². The first-order chi connectivity index (χ1) is 8.80. The molecule has 1 aliphatic heterocycles. The van der Waals surface area contributed by atoms with E-state index in [1.165, 1.54) is 7.05 Å². The smallest absolute Gasteiger partial charge is 0.356 e. The largest absolute Gasteiger partial charge is 0.464 e. The topological polar surface area (TPSA) is 63.7 Å². The van der Waals surface area contributed by atoms with Crippen LogP contribution >= 0.6 is 11.6 Å². The van der Waals surface area contributed by atoms with Gasteiger partial charge in [0, 0.05) is 12.6 Å². The van der Waals surface area contributed by atoms with Crippen molar-refractivity contribution in [1.29, 1.82) is 0 Å². The minimum atomic E-state index is -3.95. The van der Waals surface area contributed by atoms with Crippen molar-refractivity contribution in [2.24, 2.45) is 0 Å². The van der Waals surface area contributed by atoms with Crippen molar-refractivity contribution in [3.05, 3.63) is 35.3 Å². The normalized spacial score (nSPS) is 17.2. The van der Waals surface area contributed by atoms with Crippen LogP contribution in [0.2, 0.25) is 0 Å². The number of carbonyl (C=O) groups excluding carboxylic acids is 1. The molecule has 1 aliphatic rings. The molecule has 0 amide bonds. The Morgan fingerprint density at radius 3 is 2.63 bits per heavy atom. The van der Waals surface area contributed by atoms with Crippen LogP contribution in [-0.2, 0) is 19.6 Å². The van der Waals surface area contributed by atoms with Crippen LogP contribution in [0.1, 0.15) is 5.56 Å². The van der Waals surface area contributed by atoms with Crippen molar-refractivity contribution in [1.82, 2.24) is 4.31 Å². The van der Waals surface area contributed by atoms with E-state index in [2.05, 4.69) is 4.74 Å². The van der Waals surface area contributed by atoms with Crippen LogP contribution in [0.15, 0.2) is 28.8 Å². The Labute approximate surface area is 114 Å². The van der Waals surface area contributed by atoms with Gasteiger partial charge in [0.1, 0.15) is 5.82 Å². The average Bonchev–Trinajstić information content (AvgIpc) is 2.36. The van der Waals surface area contributed by atoms with Crippen LogP contribution in [-0.4, -0.2) is 32.8 Å². The van der Waals surface area contributed by atoms with Gasteiger partial charge >= 0.3 is 5.97 Å². The summed E-state index contributed by atoms with van der Waals surface area (Å²) in [6, 6.07) is 3.08. The van der Waals surface area contributed by atoms with Gasteiger partial charge in [0.2, 0.25) is 0 Å². The molecule has 1 aromatic rings. The molecule has 0 radical (unpaired) electrons. The summed E-state index contributed by atoms with van der Waals surface area (Å²) in [6.45, 7) is 0. The van der Waals surface area contributed by atoms with Crippen molar-refractivity contribution in [2.75, 3.05) is 14.2 Å². The minimum absolute atomic E-state index is 0.0554. The fourth-order valence-electron chi connectivity index (χ4n) is 1.75. The summed E-state index contributed by atoms with van der Waals surface area (Å²) in [5, 5.41) is -0.168. The highest BCUT2D eigenvalue weighted by atomic mass is 35.5. The minimum Gasteiger partial charge on any atom is -0.464 e. The molecule has 0 saturated carbocycles. The molecule has 1 heterocycles. The highest BCUT2D eigenvalue weighted by Gasteiger charge is 2.37. The fourth-order valence-corrected chi connectivity index (χ4v) is 3.59. The van der Waals surface area contributed by atoms with Crippen molar-refractivity contribution < 1.29 is 22.3 Å². The Morgan fingerprint density at radius 2 is 2.05 bits per heavy atom. The Bertz CT molecular complexity index is 699. The van der Waals surface area contributed by atoms with Gasteiger partial charge < -0.3 is 4.74 Å². The molecule has 0 unspecified atom stereocenters. The molecule has 2 rings (SSSR count). The second kappa shape index (κ2) is 4.50. The Balaban J connectivity index is 2.84. The fraction of sp³-hybridized carbons (Fsp3) is 0.182. The number of esters is 1. The number of carbonyl (C=O) groups is 1. The first-order valence-electron chi connectivity index (χ1n) is 5.07. The van der Waals surface area contributed by atoms with Gasteiger partial charge in [0.25, 0.3) is 10.0 Å². The summed E-state index contributed by atoms with van der Waals surface area (Å²) in [5.41, 5.74) is -0.401. The summed E-state index contributed by atoms with van der Waals surface area (Å²) in [5.74, 6) is -1.56. The molecule has 0 saturated heterocycles. The van der Waals surface area contributed by atoms with Gasteiger partial charge in [-0.2, -0.15) is 0 Å². The highest BCUT2D eigenvalue weighted by molar-refractivity contribution is 7.89. The lowest BCUT2D eigenvalue weighted by molar-refractivity contribution is -0.137. The van der Waals surface area contributed by atoms with Crippen molar-refractivity contribution in [2.45, 2.75) is 4.90 Å². The van der Waals surface area contributed by atoms with Crippen LogP contribution in [0.5, 0.6) is 0 Å². The third kappa shape index (κ3) is 1.98. The number of hydrogen-bond donors (Lipinski definition) is 0. The molecule has 1 aromatic carbocycles. The van der Waals surface area contributed by atoms with Gasteiger partial charge in [-0.15, -0.1) is 0 Å². The molecule has 102 valence electrons. The maximum absolute atomic E-state index is 13.2. The number of nitrogens with zero attached hydrogens (tertiary/aromatic N) is 1. The maximum atomic E-state index is 13.2. The van der Waals surface area contributed by atoms with E-state index in [0.29, 0.717) is 0 Å². The van der Waals surface area contributed by atoms with Crippen LogP contribution in [0.4, 0.5) is 4.39 Å². The number of ether oxygens (including phenoxy) is 1. The Hall–Kier alpha value is -1.60. The van der Waals surface area contributed by atoms with Crippen molar-refractivity contribution >= 4 is 32.6 Å². The molecule has 5 nitrogen and oxygen atoms in total. The molecule has 0 atom stereocenters. The van der Waals surface area contributed by atoms with Crippen molar-refractivity contribution in [3.8, 4) is 0 Å². The quantitative estimate of drug-likeness (QED) is 0.738. The third-order valence-electron chi connectivity index (χ3n) is 2.72. The van der Waals surface area contributed by atoms with Gasteiger partial charge in [-0.3, -0.25) is 4.31 Å². The zero-order valence-corrected chi connectivity index (χ0v) is 11.5. The SMILES string of the molecule is COC(=O)C1=C(Cl)c2cc(F)ccc2S(=O)(=O)N1C. The summed E-state index contributed by atoms with van der Waals surface area (Å²) in [4.78, 5) is 11.4. The number of sulfonamides is 1. The monoisotopic (exact) mass is 305 g/mol. The summed E-state index contributed by atoms with van der Waals surface area (Å²) >= 11 is 5.99. The molecule has 19 heavy (non-hydrogen) atoms. The molecule has 0 aliphatic carbocycles. The highest BCUT2D eigenvalue weighted by Crippen LogP contribution is 2.38. The number of likely N-dealkylation sites (N-methyl/N-ethyl adjacent to an activating group) is 1. The molecule has 0 N–H and O–H groups in total. The lowest BCUT2D eigenvalue weighted by Crippen LogP contribution is -2.34.